The highest BCUT2D eigenvalue weighted by Crippen LogP contribution is 2.27. The Hall–Kier alpha value is -0.800. The summed E-state index contributed by atoms with van der Waals surface area (Å²) in [6.07, 6.45) is 0.196. The molecule has 0 aliphatic carbocycles. The van der Waals surface area contributed by atoms with Crippen molar-refractivity contribution < 1.29 is 14.2 Å². The van der Waals surface area contributed by atoms with E-state index < -0.39 is 5.82 Å². The lowest BCUT2D eigenvalue weighted by atomic mass is 10.1. The molecule has 0 saturated heterocycles. The SMILES string of the molecule is COc1ccc(Cl)c(CCO)c1F. The summed E-state index contributed by atoms with van der Waals surface area (Å²) in [6, 6.07) is 3.01. The van der Waals surface area contributed by atoms with Gasteiger partial charge in [0.25, 0.3) is 0 Å². The van der Waals surface area contributed by atoms with Gasteiger partial charge in [0, 0.05) is 23.6 Å². The molecular formula is C9H10ClFO2. The maximum Gasteiger partial charge on any atom is 0.169 e. The molecule has 0 spiro atoms. The summed E-state index contributed by atoms with van der Waals surface area (Å²) in [7, 11) is 1.38. The molecule has 1 aromatic carbocycles. The molecule has 0 aliphatic rings. The molecule has 72 valence electrons. The zero-order valence-electron chi connectivity index (χ0n) is 7.18. The molecule has 0 radical (unpaired) electrons. The number of ether oxygens (including phenoxy) is 1. The third-order valence-corrected chi connectivity index (χ3v) is 2.09. The summed E-state index contributed by atoms with van der Waals surface area (Å²) in [5.74, 6) is -0.350. The van der Waals surface area contributed by atoms with Gasteiger partial charge in [0.15, 0.2) is 11.6 Å². The van der Waals surface area contributed by atoms with Gasteiger partial charge in [-0.1, -0.05) is 11.6 Å². The number of halogens is 2. The minimum Gasteiger partial charge on any atom is -0.494 e. The highest BCUT2D eigenvalue weighted by molar-refractivity contribution is 6.31. The Labute approximate surface area is 80.9 Å². The van der Waals surface area contributed by atoms with Crippen LogP contribution in [0, 0.1) is 5.82 Å². The molecule has 1 N–H and O–H groups in total. The number of hydrogen-bond acceptors (Lipinski definition) is 2. The minimum atomic E-state index is -0.496. The van der Waals surface area contributed by atoms with E-state index >= 15 is 0 Å². The topological polar surface area (TPSA) is 29.5 Å². The molecule has 1 aromatic rings. The van der Waals surface area contributed by atoms with Gasteiger partial charge in [0.05, 0.1) is 7.11 Å². The van der Waals surface area contributed by atoms with Gasteiger partial charge in [-0.05, 0) is 12.1 Å². The van der Waals surface area contributed by atoms with Crippen LogP contribution >= 0.6 is 11.6 Å². The van der Waals surface area contributed by atoms with Crippen LogP contribution in [0.15, 0.2) is 12.1 Å². The van der Waals surface area contributed by atoms with Crippen molar-refractivity contribution in [1.82, 2.24) is 0 Å². The molecule has 0 atom stereocenters. The van der Waals surface area contributed by atoms with Crippen molar-refractivity contribution in [3.8, 4) is 5.75 Å². The predicted molar refractivity (Wildman–Crippen MR) is 48.8 cm³/mol. The van der Waals surface area contributed by atoms with E-state index in [1.54, 1.807) is 6.07 Å². The number of methoxy groups -OCH3 is 1. The first-order valence-corrected chi connectivity index (χ1v) is 4.20. The van der Waals surface area contributed by atoms with E-state index in [0.717, 1.165) is 0 Å². The Morgan fingerprint density at radius 3 is 2.77 bits per heavy atom. The highest BCUT2D eigenvalue weighted by atomic mass is 35.5. The van der Waals surface area contributed by atoms with Crippen LogP contribution in [0.2, 0.25) is 5.02 Å². The number of rotatable bonds is 3. The van der Waals surface area contributed by atoms with Crippen molar-refractivity contribution in [2.75, 3.05) is 13.7 Å². The maximum atomic E-state index is 13.4. The van der Waals surface area contributed by atoms with Crippen LogP contribution in [-0.4, -0.2) is 18.8 Å². The monoisotopic (exact) mass is 204 g/mol. The molecule has 1 rings (SSSR count). The normalized spacial score (nSPS) is 10.2. The lowest BCUT2D eigenvalue weighted by molar-refractivity contribution is 0.296. The van der Waals surface area contributed by atoms with Crippen LogP contribution < -0.4 is 4.74 Å². The molecule has 13 heavy (non-hydrogen) atoms. The molecule has 0 bridgehead atoms. The van der Waals surface area contributed by atoms with Gasteiger partial charge in [-0.15, -0.1) is 0 Å². The molecule has 0 saturated carbocycles. The lowest BCUT2D eigenvalue weighted by Gasteiger charge is -2.07. The molecule has 0 amide bonds. The zero-order valence-corrected chi connectivity index (χ0v) is 7.94. The third-order valence-electron chi connectivity index (χ3n) is 1.73. The third kappa shape index (κ3) is 2.11. The van der Waals surface area contributed by atoms with Crippen molar-refractivity contribution >= 4 is 11.6 Å². The summed E-state index contributed by atoms with van der Waals surface area (Å²) in [6.45, 7) is -0.135. The molecule has 0 fully saturated rings. The molecule has 4 heteroatoms. The molecule has 0 heterocycles. The second kappa shape index (κ2) is 4.44. The van der Waals surface area contributed by atoms with Crippen LogP contribution in [0.25, 0.3) is 0 Å². The van der Waals surface area contributed by atoms with E-state index in [9.17, 15) is 4.39 Å². The Bertz CT molecular complexity index is 302. The largest absolute Gasteiger partial charge is 0.494 e. The number of aliphatic hydroxyl groups excluding tert-OH is 1. The maximum absolute atomic E-state index is 13.4. The predicted octanol–water partition coefficient (Wildman–Crippen LogP) is 2.02. The van der Waals surface area contributed by atoms with Crippen LogP contribution in [0.4, 0.5) is 4.39 Å². The first kappa shape index (κ1) is 10.3. The van der Waals surface area contributed by atoms with Gasteiger partial charge in [0.1, 0.15) is 0 Å². The van der Waals surface area contributed by atoms with Crippen LogP contribution in [0.3, 0.4) is 0 Å². The van der Waals surface area contributed by atoms with Crippen molar-refractivity contribution in [2.45, 2.75) is 6.42 Å². The fraction of sp³-hybridized carbons (Fsp3) is 0.333. The second-order valence-electron chi connectivity index (χ2n) is 2.52. The molecule has 0 unspecified atom stereocenters. The summed E-state index contributed by atoms with van der Waals surface area (Å²) >= 11 is 5.73. The highest BCUT2D eigenvalue weighted by Gasteiger charge is 2.11. The average molecular weight is 205 g/mol. The number of hydrogen-bond donors (Lipinski definition) is 1. The van der Waals surface area contributed by atoms with Crippen molar-refractivity contribution in [1.29, 1.82) is 0 Å². The molecule has 0 aliphatic heterocycles. The minimum absolute atomic E-state index is 0.135. The van der Waals surface area contributed by atoms with E-state index in [4.69, 9.17) is 21.4 Å². The van der Waals surface area contributed by atoms with E-state index in [-0.39, 0.29) is 18.8 Å². The van der Waals surface area contributed by atoms with Gasteiger partial charge in [-0.2, -0.15) is 0 Å². The van der Waals surface area contributed by atoms with Gasteiger partial charge >= 0.3 is 0 Å². The number of benzene rings is 1. The van der Waals surface area contributed by atoms with Crippen molar-refractivity contribution in [3.05, 3.63) is 28.5 Å². The summed E-state index contributed by atoms with van der Waals surface area (Å²) < 4.78 is 18.2. The Balaban J connectivity index is 3.13. The zero-order chi connectivity index (χ0) is 9.84. The van der Waals surface area contributed by atoms with E-state index in [1.807, 2.05) is 0 Å². The molecule has 0 aromatic heterocycles. The molecule has 2 nitrogen and oxygen atoms in total. The Kier molecular flexibility index (Phi) is 3.51. The number of aliphatic hydroxyl groups is 1. The summed E-state index contributed by atoms with van der Waals surface area (Å²) in [4.78, 5) is 0. The van der Waals surface area contributed by atoms with Gasteiger partial charge in [-0.25, -0.2) is 4.39 Å². The van der Waals surface area contributed by atoms with Crippen LogP contribution in [-0.2, 0) is 6.42 Å². The summed E-state index contributed by atoms with van der Waals surface area (Å²) in [5.41, 5.74) is 0.295. The fourth-order valence-corrected chi connectivity index (χ4v) is 1.32. The first-order valence-electron chi connectivity index (χ1n) is 3.82. The van der Waals surface area contributed by atoms with E-state index in [2.05, 4.69) is 0 Å². The van der Waals surface area contributed by atoms with Crippen molar-refractivity contribution in [2.24, 2.45) is 0 Å². The van der Waals surface area contributed by atoms with Gasteiger partial charge in [-0.3, -0.25) is 0 Å². The van der Waals surface area contributed by atoms with E-state index in [1.165, 1.54) is 13.2 Å². The second-order valence-corrected chi connectivity index (χ2v) is 2.92. The smallest absolute Gasteiger partial charge is 0.169 e. The van der Waals surface area contributed by atoms with Gasteiger partial charge < -0.3 is 9.84 Å². The van der Waals surface area contributed by atoms with Crippen LogP contribution in [0.5, 0.6) is 5.75 Å². The van der Waals surface area contributed by atoms with Crippen LogP contribution in [0.1, 0.15) is 5.56 Å². The Morgan fingerprint density at radius 2 is 2.23 bits per heavy atom. The summed E-state index contributed by atoms with van der Waals surface area (Å²) in [5, 5.41) is 8.98. The Morgan fingerprint density at radius 1 is 1.54 bits per heavy atom. The van der Waals surface area contributed by atoms with E-state index in [0.29, 0.717) is 10.6 Å². The fourth-order valence-electron chi connectivity index (χ4n) is 1.07. The standard InChI is InChI=1S/C9H10ClFO2/c1-13-8-3-2-7(10)6(4-5-12)9(8)11/h2-3,12H,4-5H2,1H3. The lowest BCUT2D eigenvalue weighted by Crippen LogP contribution is -1.99. The first-order chi connectivity index (χ1) is 6.20. The average Bonchev–Trinajstić information content (AvgIpc) is 2.12. The quantitative estimate of drug-likeness (QED) is 0.817. The molecular weight excluding hydrogens is 195 g/mol. The van der Waals surface area contributed by atoms with Crippen molar-refractivity contribution in [3.63, 3.8) is 0 Å². The van der Waals surface area contributed by atoms with Gasteiger partial charge in [0.2, 0.25) is 0 Å².